The molecule has 2 aromatic carbocycles. The number of alkyl halides is 1. The van der Waals surface area contributed by atoms with E-state index in [4.69, 9.17) is 21.1 Å². The van der Waals surface area contributed by atoms with Crippen LogP contribution in [-0.4, -0.2) is 5.97 Å². The molecule has 0 fully saturated rings. The van der Waals surface area contributed by atoms with E-state index in [1.54, 1.807) is 12.1 Å². The number of benzene rings is 2. The summed E-state index contributed by atoms with van der Waals surface area (Å²) < 4.78 is 11.5. The van der Waals surface area contributed by atoms with Crippen LogP contribution in [0.25, 0.3) is 0 Å². The molecule has 2 aromatic rings. The van der Waals surface area contributed by atoms with Gasteiger partial charge in [0.25, 0.3) is 0 Å². The van der Waals surface area contributed by atoms with E-state index in [1.807, 2.05) is 37.3 Å². The standard InChI is InChI=1S/C16H11ClO3/c1-9-6-7-13-11(8-9)14(17)16(19-13)12-5-3-2-4-10(12)15(18)20-16/h2-8,14H,1H3. The van der Waals surface area contributed by atoms with Crippen LogP contribution < -0.4 is 4.74 Å². The fourth-order valence-corrected chi connectivity index (χ4v) is 3.23. The van der Waals surface area contributed by atoms with Crippen molar-refractivity contribution in [3.8, 4) is 5.75 Å². The predicted molar refractivity (Wildman–Crippen MR) is 73.9 cm³/mol. The number of rotatable bonds is 0. The Morgan fingerprint density at radius 2 is 1.95 bits per heavy atom. The lowest BCUT2D eigenvalue weighted by atomic mass is 9.97. The summed E-state index contributed by atoms with van der Waals surface area (Å²) in [7, 11) is 0. The van der Waals surface area contributed by atoms with Crippen molar-refractivity contribution < 1.29 is 14.3 Å². The third-order valence-corrected chi connectivity index (χ3v) is 4.32. The minimum Gasteiger partial charge on any atom is -0.446 e. The number of halogens is 1. The maximum absolute atomic E-state index is 12.0. The highest BCUT2D eigenvalue weighted by Crippen LogP contribution is 2.56. The molecule has 2 heterocycles. The number of hydrogen-bond acceptors (Lipinski definition) is 3. The van der Waals surface area contributed by atoms with Crippen molar-refractivity contribution in [3.05, 3.63) is 64.7 Å². The van der Waals surface area contributed by atoms with Crippen LogP contribution in [0.15, 0.2) is 42.5 Å². The highest BCUT2D eigenvalue weighted by Gasteiger charge is 2.58. The minimum absolute atomic E-state index is 0.393. The van der Waals surface area contributed by atoms with Gasteiger partial charge in [-0.25, -0.2) is 4.79 Å². The molecular formula is C16H11ClO3. The van der Waals surface area contributed by atoms with Gasteiger partial charge < -0.3 is 9.47 Å². The van der Waals surface area contributed by atoms with Gasteiger partial charge in [-0.3, -0.25) is 0 Å². The zero-order valence-electron chi connectivity index (χ0n) is 10.7. The van der Waals surface area contributed by atoms with Gasteiger partial charge in [-0.15, -0.1) is 11.6 Å². The number of ether oxygens (including phenoxy) is 2. The molecule has 2 aliphatic rings. The number of esters is 1. The van der Waals surface area contributed by atoms with Gasteiger partial charge >= 0.3 is 11.8 Å². The fourth-order valence-electron chi connectivity index (χ4n) is 2.86. The molecule has 0 aromatic heterocycles. The van der Waals surface area contributed by atoms with Crippen LogP contribution in [0, 0.1) is 6.92 Å². The van der Waals surface area contributed by atoms with Crippen LogP contribution >= 0.6 is 11.6 Å². The zero-order chi connectivity index (χ0) is 13.9. The molecule has 0 amide bonds. The molecular weight excluding hydrogens is 276 g/mol. The molecule has 3 nitrogen and oxygen atoms in total. The molecule has 4 heteroatoms. The first-order chi connectivity index (χ1) is 9.62. The molecule has 0 N–H and O–H groups in total. The summed E-state index contributed by atoms with van der Waals surface area (Å²) in [4.78, 5) is 12.0. The van der Waals surface area contributed by atoms with Crippen LogP contribution in [-0.2, 0) is 10.5 Å². The first kappa shape index (κ1) is 11.8. The van der Waals surface area contributed by atoms with Gasteiger partial charge in [0, 0.05) is 5.56 Å². The Bertz CT molecular complexity index is 740. The third-order valence-electron chi connectivity index (χ3n) is 3.80. The van der Waals surface area contributed by atoms with Gasteiger partial charge in [-0.2, -0.15) is 0 Å². The normalized spacial score (nSPS) is 26.1. The lowest BCUT2D eigenvalue weighted by Crippen LogP contribution is -2.33. The first-order valence-corrected chi connectivity index (χ1v) is 6.82. The molecule has 0 bridgehead atoms. The Morgan fingerprint density at radius 3 is 2.80 bits per heavy atom. The summed E-state index contributed by atoms with van der Waals surface area (Å²) in [6.45, 7) is 1.99. The van der Waals surface area contributed by atoms with E-state index in [2.05, 4.69) is 0 Å². The lowest BCUT2D eigenvalue weighted by molar-refractivity contribution is -0.129. The van der Waals surface area contributed by atoms with Crippen LogP contribution in [0.5, 0.6) is 5.75 Å². The summed E-state index contributed by atoms with van der Waals surface area (Å²) in [6, 6.07) is 13.0. The second-order valence-corrected chi connectivity index (χ2v) is 5.54. The fraction of sp³-hybridized carbons (Fsp3) is 0.188. The molecule has 4 rings (SSSR count). The zero-order valence-corrected chi connectivity index (χ0v) is 11.5. The quantitative estimate of drug-likeness (QED) is 0.547. The van der Waals surface area contributed by atoms with Crippen molar-refractivity contribution >= 4 is 17.6 Å². The van der Waals surface area contributed by atoms with Crippen LogP contribution in [0.2, 0.25) is 0 Å². The van der Waals surface area contributed by atoms with E-state index in [0.717, 1.165) is 11.1 Å². The van der Waals surface area contributed by atoms with E-state index in [9.17, 15) is 4.79 Å². The third kappa shape index (κ3) is 1.33. The van der Waals surface area contributed by atoms with Gasteiger partial charge in [0.05, 0.1) is 11.1 Å². The average molecular weight is 287 g/mol. The largest absolute Gasteiger partial charge is 0.446 e. The minimum atomic E-state index is -1.23. The second kappa shape index (κ2) is 3.76. The van der Waals surface area contributed by atoms with E-state index < -0.39 is 17.1 Å². The van der Waals surface area contributed by atoms with Gasteiger partial charge in [-0.1, -0.05) is 35.9 Å². The number of carbonyl (C=O) groups is 1. The SMILES string of the molecule is Cc1ccc2c(c1)C(Cl)C1(OC(=O)c3ccccc31)O2. The van der Waals surface area contributed by atoms with Crippen molar-refractivity contribution in [2.24, 2.45) is 0 Å². The molecule has 0 radical (unpaired) electrons. The van der Waals surface area contributed by atoms with Crippen molar-refractivity contribution in [1.29, 1.82) is 0 Å². The van der Waals surface area contributed by atoms with E-state index in [1.165, 1.54) is 0 Å². The van der Waals surface area contributed by atoms with Gasteiger partial charge in [-0.05, 0) is 19.1 Å². The number of hydrogen-bond donors (Lipinski definition) is 0. The van der Waals surface area contributed by atoms with Gasteiger partial charge in [0.2, 0.25) is 0 Å². The van der Waals surface area contributed by atoms with Crippen molar-refractivity contribution in [2.75, 3.05) is 0 Å². The molecule has 0 aliphatic carbocycles. The van der Waals surface area contributed by atoms with Gasteiger partial charge in [0.15, 0.2) is 0 Å². The molecule has 0 saturated carbocycles. The first-order valence-electron chi connectivity index (χ1n) is 6.38. The molecule has 2 unspecified atom stereocenters. The highest BCUT2D eigenvalue weighted by atomic mass is 35.5. The maximum Gasteiger partial charge on any atom is 0.342 e. The second-order valence-electron chi connectivity index (χ2n) is 5.11. The summed E-state index contributed by atoms with van der Waals surface area (Å²) >= 11 is 6.57. The molecule has 20 heavy (non-hydrogen) atoms. The van der Waals surface area contributed by atoms with E-state index in [0.29, 0.717) is 16.9 Å². The summed E-state index contributed by atoms with van der Waals surface area (Å²) in [5.41, 5.74) is 3.16. The molecule has 0 saturated heterocycles. The van der Waals surface area contributed by atoms with E-state index in [-0.39, 0.29) is 0 Å². The highest BCUT2D eigenvalue weighted by molar-refractivity contribution is 6.22. The summed E-state index contributed by atoms with van der Waals surface area (Å²) in [6.07, 6.45) is 0. The lowest BCUT2D eigenvalue weighted by Gasteiger charge is -2.25. The van der Waals surface area contributed by atoms with Crippen molar-refractivity contribution in [2.45, 2.75) is 18.1 Å². The number of carbonyl (C=O) groups excluding carboxylic acids is 1. The molecule has 1 spiro atoms. The Kier molecular flexibility index (Phi) is 2.22. The number of aryl methyl sites for hydroxylation is 1. The Balaban J connectivity index is 1.92. The molecule has 100 valence electrons. The Labute approximate surface area is 121 Å². The topological polar surface area (TPSA) is 35.5 Å². The van der Waals surface area contributed by atoms with Crippen LogP contribution in [0.4, 0.5) is 0 Å². The van der Waals surface area contributed by atoms with E-state index >= 15 is 0 Å². The average Bonchev–Trinajstić information content (AvgIpc) is 2.89. The smallest absolute Gasteiger partial charge is 0.342 e. The van der Waals surface area contributed by atoms with Crippen molar-refractivity contribution in [1.82, 2.24) is 0 Å². The Hall–Kier alpha value is -2.00. The Morgan fingerprint density at radius 1 is 1.15 bits per heavy atom. The number of fused-ring (bicyclic) bond motifs is 3. The van der Waals surface area contributed by atoms with Gasteiger partial charge in [0.1, 0.15) is 11.1 Å². The maximum atomic E-state index is 12.0. The van der Waals surface area contributed by atoms with Crippen LogP contribution in [0.3, 0.4) is 0 Å². The molecule has 2 atom stereocenters. The molecule has 2 aliphatic heterocycles. The van der Waals surface area contributed by atoms with Crippen molar-refractivity contribution in [3.63, 3.8) is 0 Å². The predicted octanol–water partition coefficient (Wildman–Crippen LogP) is 3.69. The summed E-state index contributed by atoms with van der Waals surface area (Å²) in [5.74, 6) is -0.957. The van der Waals surface area contributed by atoms with Crippen LogP contribution in [0.1, 0.15) is 32.4 Å². The summed E-state index contributed by atoms with van der Waals surface area (Å²) in [5, 5.41) is -0.551. The monoisotopic (exact) mass is 286 g/mol.